The Morgan fingerprint density at radius 2 is 2.18 bits per heavy atom. The molecule has 0 aromatic carbocycles. The fourth-order valence-electron chi connectivity index (χ4n) is 0.468. The minimum Gasteiger partial charge on any atom is -0.378 e. The second kappa shape index (κ2) is 7.00. The number of hydrogen-bond donors (Lipinski definition) is 0. The minimum atomic E-state index is 0.164. The van der Waals surface area contributed by atoms with Crippen LogP contribution in [0, 0.1) is 0 Å². The van der Waals surface area contributed by atoms with Crippen LogP contribution in [0.4, 0.5) is 4.79 Å². The molecule has 0 N–H and O–H groups in total. The van der Waals surface area contributed by atoms with Crippen molar-refractivity contribution in [2.75, 3.05) is 18.6 Å². The van der Waals surface area contributed by atoms with Crippen LogP contribution in [-0.2, 0) is 4.74 Å². The quantitative estimate of drug-likeness (QED) is 0.643. The van der Waals surface area contributed by atoms with Crippen molar-refractivity contribution >= 4 is 28.0 Å². The zero-order chi connectivity index (χ0) is 8.69. The predicted octanol–water partition coefficient (Wildman–Crippen LogP) is 2.63. The summed E-state index contributed by atoms with van der Waals surface area (Å²) in [7, 11) is 0. The second-order valence-electron chi connectivity index (χ2n) is 2.22. The molecule has 0 aliphatic heterocycles. The van der Waals surface area contributed by atoms with E-state index >= 15 is 0 Å². The van der Waals surface area contributed by atoms with Crippen molar-refractivity contribution in [2.45, 2.75) is 20.0 Å². The molecule has 0 aromatic rings. The lowest BCUT2D eigenvalue weighted by Crippen LogP contribution is -2.05. The summed E-state index contributed by atoms with van der Waals surface area (Å²) in [6, 6.07) is 0. The van der Waals surface area contributed by atoms with Gasteiger partial charge in [0.05, 0.1) is 12.7 Å². The van der Waals surface area contributed by atoms with Gasteiger partial charge in [-0.15, -0.1) is 0 Å². The highest BCUT2D eigenvalue weighted by atomic mass is 32.2. The molecule has 11 heavy (non-hydrogen) atoms. The van der Waals surface area contributed by atoms with Gasteiger partial charge in [0.25, 0.3) is 0 Å². The van der Waals surface area contributed by atoms with E-state index in [9.17, 15) is 4.79 Å². The highest BCUT2D eigenvalue weighted by Crippen LogP contribution is 2.12. The first-order chi connectivity index (χ1) is 5.16. The summed E-state index contributed by atoms with van der Waals surface area (Å²) in [4.78, 5) is 10.7. The van der Waals surface area contributed by atoms with E-state index in [1.54, 1.807) is 6.26 Å². The highest BCUT2D eigenvalue weighted by molar-refractivity contribution is 8.38. The number of carbonyl (C=O) groups is 1. The molecular formula is C7H14O2S2. The van der Waals surface area contributed by atoms with Crippen molar-refractivity contribution < 1.29 is 9.53 Å². The number of hydrogen-bond acceptors (Lipinski definition) is 4. The van der Waals surface area contributed by atoms with Gasteiger partial charge in [0.15, 0.2) is 0 Å². The Morgan fingerprint density at radius 3 is 2.64 bits per heavy atom. The Kier molecular flexibility index (Phi) is 7.22. The lowest BCUT2D eigenvalue weighted by molar-refractivity contribution is 0.0921. The van der Waals surface area contributed by atoms with Gasteiger partial charge in [0.1, 0.15) is 0 Å². The van der Waals surface area contributed by atoms with E-state index in [1.165, 1.54) is 23.5 Å². The second-order valence-corrected chi connectivity index (χ2v) is 4.33. The lowest BCUT2D eigenvalue weighted by Gasteiger charge is -2.05. The molecule has 0 rings (SSSR count). The van der Waals surface area contributed by atoms with Crippen molar-refractivity contribution in [3.05, 3.63) is 0 Å². The largest absolute Gasteiger partial charge is 0.378 e. The average molecular weight is 194 g/mol. The maximum atomic E-state index is 10.7. The Morgan fingerprint density at radius 1 is 1.55 bits per heavy atom. The van der Waals surface area contributed by atoms with Crippen LogP contribution in [0.25, 0.3) is 0 Å². The molecule has 2 nitrogen and oxygen atoms in total. The predicted molar refractivity (Wildman–Crippen MR) is 52.5 cm³/mol. The molecule has 0 amide bonds. The Hall–Kier alpha value is 0.330. The smallest absolute Gasteiger partial charge is 0.245 e. The van der Waals surface area contributed by atoms with E-state index < -0.39 is 0 Å². The third kappa shape index (κ3) is 8.23. The molecule has 0 fully saturated rings. The van der Waals surface area contributed by atoms with Gasteiger partial charge in [-0.25, -0.2) is 0 Å². The van der Waals surface area contributed by atoms with Crippen LogP contribution < -0.4 is 0 Å². The van der Waals surface area contributed by atoms with Crippen molar-refractivity contribution in [1.29, 1.82) is 0 Å². The van der Waals surface area contributed by atoms with Gasteiger partial charge in [-0.3, -0.25) is 4.79 Å². The molecule has 0 aliphatic carbocycles. The van der Waals surface area contributed by atoms with Gasteiger partial charge in [-0.05, 0) is 20.1 Å². The molecular weight excluding hydrogens is 180 g/mol. The van der Waals surface area contributed by atoms with Gasteiger partial charge >= 0.3 is 0 Å². The SMILES string of the molecule is CSC(=O)SCCOC(C)C. The maximum absolute atomic E-state index is 10.7. The molecule has 0 unspecified atom stereocenters. The minimum absolute atomic E-state index is 0.164. The molecule has 0 saturated carbocycles. The number of thioether (sulfide) groups is 2. The van der Waals surface area contributed by atoms with Gasteiger partial charge in [-0.1, -0.05) is 23.5 Å². The lowest BCUT2D eigenvalue weighted by atomic mass is 10.5. The van der Waals surface area contributed by atoms with E-state index in [2.05, 4.69) is 0 Å². The van der Waals surface area contributed by atoms with Crippen molar-refractivity contribution in [1.82, 2.24) is 0 Å². The topological polar surface area (TPSA) is 26.3 Å². The van der Waals surface area contributed by atoms with Gasteiger partial charge < -0.3 is 4.74 Å². The van der Waals surface area contributed by atoms with Crippen molar-refractivity contribution in [2.24, 2.45) is 0 Å². The number of ether oxygens (including phenoxy) is 1. The zero-order valence-electron chi connectivity index (χ0n) is 7.12. The van der Waals surface area contributed by atoms with Crippen LogP contribution in [0.1, 0.15) is 13.8 Å². The molecule has 0 saturated heterocycles. The molecule has 0 radical (unpaired) electrons. The first kappa shape index (κ1) is 11.3. The van der Waals surface area contributed by atoms with E-state index in [0.29, 0.717) is 6.61 Å². The van der Waals surface area contributed by atoms with Gasteiger partial charge in [0.2, 0.25) is 4.45 Å². The summed E-state index contributed by atoms with van der Waals surface area (Å²) >= 11 is 2.57. The summed E-state index contributed by atoms with van der Waals surface area (Å²) in [6.45, 7) is 4.64. The molecule has 66 valence electrons. The van der Waals surface area contributed by atoms with Crippen LogP contribution >= 0.6 is 23.5 Å². The van der Waals surface area contributed by atoms with Gasteiger partial charge in [-0.2, -0.15) is 0 Å². The summed E-state index contributed by atoms with van der Waals surface area (Å²) in [5.74, 6) is 0.762. The summed E-state index contributed by atoms with van der Waals surface area (Å²) in [5, 5.41) is 0. The molecule has 0 spiro atoms. The first-order valence-electron chi connectivity index (χ1n) is 3.49. The van der Waals surface area contributed by atoms with E-state index in [0.717, 1.165) is 5.75 Å². The molecule has 0 heterocycles. The third-order valence-electron chi connectivity index (χ3n) is 0.921. The normalized spacial score (nSPS) is 10.5. The van der Waals surface area contributed by atoms with Crippen molar-refractivity contribution in [3.8, 4) is 0 Å². The fraction of sp³-hybridized carbons (Fsp3) is 0.857. The van der Waals surface area contributed by atoms with E-state index in [1.807, 2.05) is 13.8 Å². The Labute approximate surface area is 76.5 Å². The Bertz CT molecular complexity index is 115. The molecule has 0 aromatic heterocycles. The summed E-state index contributed by atoms with van der Waals surface area (Å²) < 4.78 is 5.42. The Balaban J connectivity index is 3.08. The zero-order valence-corrected chi connectivity index (χ0v) is 8.76. The van der Waals surface area contributed by atoms with Gasteiger partial charge in [0, 0.05) is 5.75 Å². The maximum Gasteiger partial charge on any atom is 0.245 e. The molecule has 0 aliphatic rings. The molecule has 4 heteroatoms. The van der Waals surface area contributed by atoms with Crippen LogP contribution in [0.2, 0.25) is 0 Å². The molecule has 0 bridgehead atoms. The number of rotatable bonds is 4. The average Bonchev–Trinajstić information content (AvgIpc) is 1.97. The molecule has 0 atom stereocenters. The monoisotopic (exact) mass is 194 g/mol. The van der Waals surface area contributed by atoms with Crippen molar-refractivity contribution in [3.63, 3.8) is 0 Å². The summed E-state index contributed by atoms with van der Waals surface area (Å²) in [5.41, 5.74) is 0. The third-order valence-corrected chi connectivity index (χ3v) is 2.71. The number of carbonyl (C=O) groups excluding carboxylic acids is 1. The van der Waals surface area contributed by atoms with Crippen LogP contribution in [0.3, 0.4) is 0 Å². The first-order valence-corrected chi connectivity index (χ1v) is 5.70. The summed E-state index contributed by atoms with van der Waals surface area (Å²) in [6.07, 6.45) is 2.05. The van der Waals surface area contributed by atoms with Crippen LogP contribution in [0.15, 0.2) is 0 Å². The van der Waals surface area contributed by atoms with E-state index in [4.69, 9.17) is 4.74 Å². The fourth-order valence-corrected chi connectivity index (χ4v) is 1.54. The standard InChI is InChI=1S/C7H14O2S2/c1-6(2)9-4-5-11-7(8)10-3/h6H,4-5H2,1-3H3. The van der Waals surface area contributed by atoms with Crippen LogP contribution in [-0.4, -0.2) is 29.2 Å². The van der Waals surface area contributed by atoms with E-state index in [-0.39, 0.29) is 10.6 Å². The van der Waals surface area contributed by atoms with Crippen LogP contribution in [0.5, 0.6) is 0 Å². The highest BCUT2D eigenvalue weighted by Gasteiger charge is 1.99.